The monoisotopic (exact) mass is 339 g/mol. The predicted molar refractivity (Wildman–Crippen MR) is 90.0 cm³/mol. The van der Waals surface area contributed by atoms with Gasteiger partial charge in [0.05, 0.1) is 4.92 Å². The van der Waals surface area contributed by atoms with E-state index < -0.39 is 27.9 Å². The minimum absolute atomic E-state index is 0.0392. The van der Waals surface area contributed by atoms with Gasteiger partial charge in [0.2, 0.25) is 5.75 Å². The number of phenols is 1. The van der Waals surface area contributed by atoms with Crippen molar-refractivity contribution in [1.82, 2.24) is 0 Å². The highest BCUT2D eigenvalue weighted by Gasteiger charge is 2.22. The molecule has 0 aliphatic heterocycles. The van der Waals surface area contributed by atoms with Gasteiger partial charge in [-0.25, -0.2) is 4.79 Å². The molecular formula is C18H13NO6. The van der Waals surface area contributed by atoms with Crippen LogP contribution in [0.15, 0.2) is 54.6 Å². The van der Waals surface area contributed by atoms with E-state index in [2.05, 4.69) is 0 Å². The molecule has 0 aliphatic carbocycles. The minimum atomic E-state index is -1.46. The fourth-order valence-electron chi connectivity index (χ4n) is 2.48. The number of carbonyl (C=O) groups is 1. The molecule has 0 amide bonds. The van der Waals surface area contributed by atoms with Crippen molar-refractivity contribution in [1.29, 1.82) is 0 Å². The molecule has 0 radical (unpaired) electrons. The van der Waals surface area contributed by atoms with Crippen molar-refractivity contribution in [3.05, 3.63) is 75.8 Å². The Kier molecular flexibility index (Phi) is 4.21. The van der Waals surface area contributed by atoms with Crippen molar-refractivity contribution < 1.29 is 24.7 Å². The van der Waals surface area contributed by atoms with E-state index in [0.29, 0.717) is 0 Å². The molecular weight excluding hydrogens is 326 g/mol. The smallest absolute Gasteiger partial charge is 0.339 e. The van der Waals surface area contributed by atoms with Crippen LogP contribution in [0.4, 0.5) is 5.69 Å². The number of nitro groups is 1. The molecule has 3 aromatic carbocycles. The molecule has 2 N–H and O–H groups in total. The number of hydrogen-bond acceptors (Lipinski definition) is 5. The van der Waals surface area contributed by atoms with Crippen LogP contribution in [0.5, 0.6) is 11.5 Å². The Morgan fingerprint density at radius 3 is 2.48 bits per heavy atom. The molecule has 0 atom stereocenters. The summed E-state index contributed by atoms with van der Waals surface area (Å²) in [7, 11) is 0. The molecule has 7 nitrogen and oxygen atoms in total. The zero-order chi connectivity index (χ0) is 18.0. The molecule has 3 rings (SSSR count). The van der Waals surface area contributed by atoms with E-state index in [9.17, 15) is 20.0 Å². The number of aromatic carboxylic acids is 1. The van der Waals surface area contributed by atoms with E-state index in [1.807, 2.05) is 42.5 Å². The Hall–Kier alpha value is -3.61. The Balaban J connectivity index is 1.89. The number of ether oxygens (including phenoxy) is 1. The van der Waals surface area contributed by atoms with Gasteiger partial charge >= 0.3 is 11.7 Å². The number of nitrogens with zero attached hydrogens (tertiary/aromatic N) is 1. The quantitative estimate of drug-likeness (QED) is 0.541. The van der Waals surface area contributed by atoms with Crippen LogP contribution in [0.25, 0.3) is 10.8 Å². The Morgan fingerprint density at radius 2 is 1.80 bits per heavy atom. The lowest BCUT2D eigenvalue weighted by Crippen LogP contribution is -2.03. The normalized spacial score (nSPS) is 10.6. The molecule has 0 fully saturated rings. The summed E-state index contributed by atoms with van der Waals surface area (Å²) in [5, 5.41) is 31.9. The number of carboxylic acid groups (broad SMARTS) is 1. The average molecular weight is 339 g/mol. The summed E-state index contributed by atoms with van der Waals surface area (Å²) in [6.45, 7) is 0.0392. The van der Waals surface area contributed by atoms with Gasteiger partial charge < -0.3 is 14.9 Å². The third kappa shape index (κ3) is 3.35. The number of aromatic hydroxyl groups is 1. The SMILES string of the molecule is O=C(O)c1cc([N+](=O)[O-])c(OCc2ccc3ccccc3c2)cc1O. The van der Waals surface area contributed by atoms with E-state index in [-0.39, 0.29) is 12.4 Å². The number of fused-ring (bicyclic) bond motifs is 1. The predicted octanol–water partition coefficient (Wildman–Crippen LogP) is 3.73. The van der Waals surface area contributed by atoms with Crippen molar-refractivity contribution in [3.63, 3.8) is 0 Å². The first kappa shape index (κ1) is 16.3. The summed E-state index contributed by atoms with van der Waals surface area (Å²) in [4.78, 5) is 21.4. The van der Waals surface area contributed by atoms with E-state index in [1.165, 1.54) is 0 Å². The summed E-state index contributed by atoms with van der Waals surface area (Å²) < 4.78 is 5.45. The molecule has 0 heterocycles. The zero-order valence-electron chi connectivity index (χ0n) is 12.9. The van der Waals surface area contributed by atoms with Crippen molar-refractivity contribution >= 4 is 22.4 Å². The zero-order valence-corrected chi connectivity index (χ0v) is 12.9. The fraction of sp³-hybridized carbons (Fsp3) is 0.0556. The number of carboxylic acids is 1. The summed E-state index contributed by atoms with van der Waals surface area (Å²) in [6.07, 6.45) is 0. The topological polar surface area (TPSA) is 110 Å². The van der Waals surface area contributed by atoms with Gasteiger partial charge in [-0.1, -0.05) is 36.4 Å². The molecule has 0 saturated carbocycles. The van der Waals surface area contributed by atoms with Gasteiger partial charge in [0, 0.05) is 12.1 Å². The standard InChI is InChI=1S/C18H13NO6/c20-16-9-17(15(19(23)24)8-14(16)18(21)22)25-10-11-5-6-12-3-1-2-4-13(12)7-11/h1-9,20H,10H2,(H,21,22). The number of rotatable bonds is 5. The van der Waals surface area contributed by atoms with Crippen molar-refractivity contribution in [2.75, 3.05) is 0 Å². The maximum atomic E-state index is 11.1. The Morgan fingerprint density at radius 1 is 1.08 bits per heavy atom. The summed E-state index contributed by atoms with van der Waals surface area (Å²) in [6, 6.07) is 15.1. The fourth-order valence-corrected chi connectivity index (χ4v) is 2.48. The number of hydrogen-bond donors (Lipinski definition) is 2. The third-order valence-corrected chi connectivity index (χ3v) is 3.71. The van der Waals surface area contributed by atoms with Crippen LogP contribution < -0.4 is 4.74 Å². The molecule has 0 spiro atoms. The molecule has 7 heteroatoms. The molecule has 25 heavy (non-hydrogen) atoms. The van der Waals surface area contributed by atoms with Gasteiger partial charge in [-0.3, -0.25) is 10.1 Å². The van der Waals surface area contributed by atoms with Gasteiger partial charge in [-0.15, -0.1) is 0 Å². The largest absolute Gasteiger partial charge is 0.507 e. The highest BCUT2D eigenvalue weighted by molar-refractivity contribution is 5.92. The Bertz CT molecular complexity index is 982. The van der Waals surface area contributed by atoms with Crippen molar-refractivity contribution in [2.24, 2.45) is 0 Å². The minimum Gasteiger partial charge on any atom is -0.507 e. The molecule has 126 valence electrons. The second-order valence-electron chi connectivity index (χ2n) is 5.37. The van der Waals surface area contributed by atoms with Gasteiger partial charge in [0.25, 0.3) is 0 Å². The lowest BCUT2D eigenvalue weighted by atomic mass is 10.1. The summed E-state index contributed by atoms with van der Waals surface area (Å²) in [5.41, 5.74) is -0.282. The maximum Gasteiger partial charge on any atom is 0.339 e. The second kappa shape index (κ2) is 6.48. The van der Waals surface area contributed by atoms with Gasteiger partial charge in [0.15, 0.2) is 0 Å². The molecule has 0 saturated heterocycles. The van der Waals surface area contributed by atoms with Crippen molar-refractivity contribution in [3.8, 4) is 11.5 Å². The molecule has 0 bridgehead atoms. The maximum absolute atomic E-state index is 11.1. The van der Waals surface area contributed by atoms with Crippen LogP contribution in [0, 0.1) is 10.1 Å². The van der Waals surface area contributed by atoms with Gasteiger partial charge in [0.1, 0.15) is 17.9 Å². The van der Waals surface area contributed by atoms with Gasteiger partial charge in [-0.05, 0) is 22.4 Å². The first-order valence-electron chi connectivity index (χ1n) is 7.31. The average Bonchev–Trinajstić information content (AvgIpc) is 2.59. The number of nitro benzene ring substituents is 1. The lowest BCUT2D eigenvalue weighted by molar-refractivity contribution is -0.386. The third-order valence-electron chi connectivity index (χ3n) is 3.71. The van der Waals surface area contributed by atoms with Crippen LogP contribution in [-0.2, 0) is 6.61 Å². The van der Waals surface area contributed by atoms with Gasteiger partial charge in [-0.2, -0.15) is 0 Å². The Labute approximate surface area is 141 Å². The van der Waals surface area contributed by atoms with E-state index >= 15 is 0 Å². The molecule has 0 aliphatic rings. The van der Waals surface area contributed by atoms with Crippen LogP contribution in [-0.4, -0.2) is 21.1 Å². The highest BCUT2D eigenvalue weighted by Crippen LogP contribution is 2.34. The second-order valence-corrected chi connectivity index (χ2v) is 5.37. The van der Waals surface area contributed by atoms with Crippen LogP contribution in [0.2, 0.25) is 0 Å². The number of benzene rings is 3. The summed E-state index contributed by atoms with van der Waals surface area (Å²) >= 11 is 0. The summed E-state index contributed by atoms with van der Waals surface area (Å²) in [5.74, 6) is -2.24. The molecule has 0 aromatic heterocycles. The first-order chi connectivity index (χ1) is 12.0. The first-order valence-corrected chi connectivity index (χ1v) is 7.31. The van der Waals surface area contributed by atoms with Crippen LogP contribution in [0.3, 0.4) is 0 Å². The van der Waals surface area contributed by atoms with E-state index in [1.54, 1.807) is 0 Å². The van der Waals surface area contributed by atoms with Crippen LogP contribution in [0.1, 0.15) is 15.9 Å². The lowest BCUT2D eigenvalue weighted by Gasteiger charge is -2.09. The molecule has 0 unspecified atom stereocenters. The molecule has 3 aromatic rings. The van der Waals surface area contributed by atoms with Crippen LogP contribution >= 0.6 is 0 Å². The van der Waals surface area contributed by atoms with E-state index in [4.69, 9.17) is 9.84 Å². The van der Waals surface area contributed by atoms with E-state index in [0.717, 1.165) is 28.5 Å². The van der Waals surface area contributed by atoms with Crippen molar-refractivity contribution in [2.45, 2.75) is 6.61 Å². The highest BCUT2D eigenvalue weighted by atomic mass is 16.6.